The lowest BCUT2D eigenvalue weighted by Crippen LogP contribution is -2.29. The molecule has 0 radical (unpaired) electrons. The highest BCUT2D eigenvalue weighted by atomic mass is 16.6. The van der Waals surface area contributed by atoms with E-state index < -0.39 is 37.0 Å². The van der Waals surface area contributed by atoms with Crippen molar-refractivity contribution >= 4 is 11.9 Å². The van der Waals surface area contributed by atoms with Crippen LogP contribution in [0.5, 0.6) is 0 Å². The molecule has 0 heterocycles. The fourth-order valence-electron chi connectivity index (χ4n) is 5.00. The van der Waals surface area contributed by atoms with Crippen LogP contribution in [0, 0.1) is 0 Å². The number of carbonyl (C=O) groups excluding carboxylic acids is 2. The third-order valence-electron chi connectivity index (χ3n) is 7.99. The second kappa shape index (κ2) is 33.6. The van der Waals surface area contributed by atoms with Gasteiger partial charge in [-0.15, -0.1) is 0 Å². The van der Waals surface area contributed by atoms with E-state index in [-0.39, 0.29) is 31.8 Å². The minimum Gasteiger partial charge on any atom is -0.462 e. The van der Waals surface area contributed by atoms with Crippen molar-refractivity contribution in [2.45, 2.75) is 173 Å². The van der Waals surface area contributed by atoms with Gasteiger partial charge < -0.3 is 29.9 Å². The van der Waals surface area contributed by atoms with Crippen molar-refractivity contribution in [3.8, 4) is 0 Å². The van der Waals surface area contributed by atoms with Crippen molar-refractivity contribution in [3.63, 3.8) is 0 Å². The van der Waals surface area contributed by atoms with E-state index in [1.54, 1.807) is 36.5 Å². The zero-order valence-electron chi connectivity index (χ0n) is 29.6. The van der Waals surface area contributed by atoms with Gasteiger partial charge in [-0.05, 0) is 25.7 Å². The molecule has 0 rings (SSSR count). The molecule has 0 aromatic carbocycles. The van der Waals surface area contributed by atoms with E-state index in [0.29, 0.717) is 6.42 Å². The lowest BCUT2D eigenvalue weighted by atomic mass is 10.0. The van der Waals surface area contributed by atoms with E-state index >= 15 is 0 Å². The number of carbonyl (C=O) groups is 2. The first-order chi connectivity index (χ1) is 22.8. The number of rotatable bonds is 32. The lowest BCUT2D eigenvalue weighted by Gasteiger charge is -2.17. The van der Waals surface area contributed by atoms with Crippen molar-refractivity contribution in [3.05, 3.63) is 48.6 Å². The zero-order chi connectivity index (χ0) is 34.8. The van der Waals surface area contributed by atoms with Gasteiger partial charge in [0.05, 0.1) is 24.9 Å². The highest BCUT2D eigenvalue weighted by molar-refractivity contribution is 5.70. The van der Waals surface area contributed by atoms with Crippen molar-refractivity contribution in [1.29, 1.82) is 0 Å². The molecule has 8 nitrogen and oxygen atoms in total. The van der Waals surface area contributed by atoms with Gasteiger partial charge in [0, 0.05) is 12.8 Å². The Morgan fingerprint density at radius 2 is 1.06 bits per heavy atom. The molecule has 4 atom stereocenters. The molecule has 0 aliphatic heterocycles. The number of aliphatic hydroxyl groups is 4. The van der Waals surface area contributed by atoms with E-state index in [2.05, 4.69) is 13.8 Å². The van der Waals surface area contributed by atoms with Gasteiger partial charge in [-0.2, -0.15) is 0 Å². The summed E-state index contributed by atoms with van der Waals surface area (Å²) in [6.45, 7) is 3.73. The van der Waals surface area contributed by atoms with E-state index in [0.717, 1.165) is 44.9 Å². The van der Waals surface area contributed by atoms with Gasteiger partial charge in [-0.3, -0.25) is 9.59 Å². The maximum Gasteiger partial charge on any atom is 0.306 e. The molecule has 0 aromatic rings. The van der Waals surface area contributed by atoms with Crippen LogP contribution in [0.15, 0.2) is 48.6 Å². The molecular formula is C39H68O8. The predicted octanol–water partition coefficient (Wildman–Crippen LogP) is 7.97. The summed E-state index contributed by atoms with van der Waals surface area (Å²) >= 11 is 0. The van der Waals surface area contributed by atoms with Crippen LogP contribution < -0.4 is 0 Å². The molecule has 0 bridgehead atoms. The molecule has 0 saturated heterocycles. The van der Waals surface area contributed by atoms with Crippen molar-refractivity contribution in [2.75, 3.05) is 13.2 Å². The Bertz CT molecular complexity index is 850. The Morgan fingerprint density at radius 1 is 0.574 bits per heavy atom. The summed E-state index contributed by atoms with van der Waals surface area (Å²) in [6, 6.07) is 0. The lowest BCUT2D eigenvalue weighted by molar-refractivity contribution is -0.161. The van der Waals surface area contributed by atoms with Crippen molar-refractivity contribution < 1.29 is 39.5 Å². The fourth-order valence-corrected chi connectivity index (χ4v) is 5.00. The highest BCUT2D eigenvalue weighted by Crippen LogP contribution is 2.14. The van der Waals surface area contributed by atoms with Gasteiger partial charge in [0.1, 0.15) is 6.61 Å². The maximum absolute atomic E-state index is 12.2. The van der Waals surface area contributed by atoms with Crippen LogP contribution in [0.25, 0.3) is 0 Å². The number of hydrogen-bond acceptors (Lipinski definition) is 8. The predicted molar refractivity (Wildman–Crippen MR) is 191 cm³/mol. The van der Waals surface area contributed by atoms with Crippen LogP contribution in [0.4, 0.5) is 0 Å². The Labute approximate surface area is 286 Å². The number of unbranched alkanes of at least 4 members (excludes halogenated alkanes) is 14. The van der Waals surface area contributed by atoms with E-state index in [9.17, 15) is 30.0 Å². The van der Waals surface area contributed by atoms with Crippen LogP contribution in [0.2, 0.25) is 0 Å². The van der Waals surface area contributed by atoms with Gasteiger partial charge in [0.15, 0.2) is 6.10 Å². The van der Waals surface area contributed by atoms with E-state index in [1.807, 2.05) is 6.08 Å². The molecule has 0 spiro atoms. The molecule has 0 unspecified atom stereocenters. The Balaban J connectivity index is 3.96. The molecule has 47 heavy (non-hydrogen) atoms. The molecule has 0 aliphatic rings. The van der Waals surface area contributed by atoms with Gasteiger partial charge in [-0.25, -0.2) is 0 Å². The van der Waals surface area contributed by atoms with Crippen LogP contribution in [0.3, 0.4) is 0 Å². The first-order valence-corrected chi connectivity index (χ1v) is 18.5. The molecule has 272 valence electrons. The first kappa shape index (κ1) is 44.7. The maximum atomic E-state index is 12.2. The largest absolute Gasteiger partial charge is 0.462 e. The van der Waals surface area contributed by atoms with Gasteiger partial charge in [0.2, 0.25) is 0 Å². The second-order valence-corrected chi connectivity index (χ2v) is 12.5. The topological polar surface area (TPSA) is 134 Å². The van der Waals surface area contributed by atoms with Crippen molar-refractivity contribution in [1.82, 2.24) is 0 Å². The normalized spacial score (nSPS) is 14.8. The molecule has 4 N–H and O–H groups in total. The molecule has 0 amide bonds. The standard InChI is InChI=1S/C39H68O8/c1-3-5-7-8-9-10-11-12-13-14-15-20-24-30-38(44)46-33-35(32-40)47-39(45)31-25-29-37(43)36(42)28-23-19-17-16-18-22-27-34(41)26-21-6-4-2/h16-19,22-23,27-28,34-37,40-43H,3-15,20-21,24-26,29-33H2,1-2H3/b18-16-,19-17+,27-22+,28-23+/t34-,35-,36-,37-/m0/s1. The highest BCUT2D eigenvalue weighted by Gasteiger charge is 2.18. The zero-order valence-corrected chi connectivity index (χ0v) is 29.6. The van der Waals surface area contributed by atoms with Crippen LogP contribution in [-0.4, -0.2) is 70.0 Å². The van der Waals surface area contributed by atoms with Crippen LogP contribution in [-0.2, 0) is 19.1 Å². The number of esters is 2. The van der Waals surface area contributed by atoms with E-state index in [4.69, 9.17) is 9.47 Å². The molecule has 0 fully saturated rings. The third kappa shape index (κ3) is 30.8. The molecule has 0 saturated carbocycles. The minimum atomic E-state index is -1.09. The number of aliphatic hydroxyl groups excluding tert-OH is 4. The smallest absolute Gasteiger partial charge is 0.306 e. The first-order valence-electron chi connectivity index (χ1n) is 18.5. The summed E-state index contributed by atoms with van der Waals surface area (Å²) in [5.41, 5.74) is 0. The second-order valence-electron chi connectivity index (χ2n) is 12.5. The number of hydrogen-bond donors (Lipinski definition) is 4. The summed E-state index contributed by atoms with van der Waals surface area (Å²) in [5.74, 6) is -0.922. The SMILES string of the molecule is CCCCCCCCCCCCCCCC(=O)OC[C@H](CO)OC(=O)CCC[C@H](O)[C@@H](O)/C=C/C=C/C=C\C=C\[C@@H](O)CCCCC. The number of allylic oxidation sites excluding steroid dienone is 6. The molecular weight excluding hydrogens is 596 g/mol. The third-order valence-corrected chi connectivity index (χ3v) is 7.99. The summed E-state index contributed by atoms with van der Waals surface area (Å²) in [6.07, 6.45) is 31.1. The molecule has 0 aromatic heterocycles. The Hall–Kier alpha value is -2.26. The molecule has 0 aliphatic carbocycles. The van der Waals surface area contributed by atoms with E-state index in [1.165, 1.54) is 70.3 Å². The van der Waals surface area contributed by atoms with Gasteiger partial charge in [-0.1, -0.05) is 159 Å². The Kier molecular flexibility index (Phi) is 32.0. The summed E-state index contributed by atoms with van der Waals surface area (Å²) in [5, 5.41) is 39.7. The van der Waals surface area contributed by atoms with Gasteiger partial charge in [0.25, 0.3) is 0 Å². The minimum absolute atomic E-state index is 0.00240. The number of ether oxygens (including phenoxy) is 2. The monoisotopic (exact) mass is 664 g/mol. The summed E-state index contributed by atoms with van der Waals surface area (Å²) in [4.78, 5) is 24.2. The Morgan fingerprint density at radius 3 is 1.64 bits per heavy atom. The van der Waals surface area contributed by atoms with Crippen molar-refractivity contribution in [2.24, 2.45) is 0 Å². The fraction of sp³-hybridized carbons (Fsp3) is 0.744. The average Bonchev–Trinajstić information content (AvgIpc) is 3.06. The summed E-state index contributed by atoms with van der Waals surface area (Å²) in [7, 11) is 0. The van der Waals surface area contributed by atoms with Crippen LogP contribution in [0.1, 0.15) is 149 Å². The van der Waals surface area contributed by atoms with Crippen LogP contribution >= 0.6 is 0 Å². The molecule has 8 heteroatoms. The average molecular weight is 665 g/mol. The van der Waals surface area contributed by atoms with Gasteiger partial charge >= 0.3 is 11.9 Å². The summed E-state index contributed by atoms with van der Waals surface area (Å²) < 4.78 is 10.4. The quantitative estimate of drug-likeness (QED) is 0.0323.